The van der Waals surface area contributed by atoms with Crippen LogP contribution in [0, 0.1) is 6.92 Å². The van der Waals surface area contributed by atoms with E-state index in [-0.39, 0.29) is 0 Å². The van der Waals surface area contributed by atoms with Crippen LogP contribution in [0.3, 0.4) is 0 Å². The maximum atomic E-state index is 5.54. The largest absolute Gasteiger partial charge is 0.384 e. The fourth-order valence-corrected chi connectivity index (χ4v) is 0.992. The highest BCUT2D eigenvalue weighted by atomic mass is 14.9. The number of nitrogens with zero attached hydrogens (tertiary/aromatic N) is 2. The minimum atomic E-state index is 0.570. The van der Waals surface area contributed by atoms with E-state index in [1.807, 2.05) is 6.92 Å². The van der Waals surface area contributed by atoms with Crippen molar-refractivity contribution in [2.24, 2.45) is 0 Å². The third kappa shape index (κ3) is 2.18. The van der Waals surface area contributed by atoms with E-state index in [0.717, 1.165) is 24.4 Å². The van der Waals surface area contributed by atoms with E-state index in [2.05, 4.69) is 16.9 Å². The Balaban J connectivity index is 2.89. The summed E-state index contributed by atoms with van der Waals surface area (Å²) in [5.74, 6) is 1.42. The van der Waals surface area contributed by atoms with Crippen LogP contribution in [0.25, 0.3) is 0 Å². The molecule has 0 amide bonds. The molecule has 1 aromatic heterocycles. The molecule has 3 nitrogen and oxygen atoms in total. The number of nitrogen functional groups attached to an aromatic ring is 1. The molecule has 11 heavy (non-hydrogen) atoms. The molecule has 1 aromatic rings. The molecular weight excluding hydrogens is 138 g/mol. The van der Waals surface area contributed by atoms with Crippen molar-refractivity contribution in [2.75, 3.05) is 5.73 Å². The zero-order chi connectivity index (χ0) is 8.27. The third-order valence-electron chi connectivity index (χ3n) is 1.39. The predicted octanol–water partition coefficient (Wildman–Crippen LogP) is 1.32. The number of anilines is 1. The van der Waals surface area contributed by atoms with Crippen molar-refractivity contribution < 1.29 is 0 Å². The van der Waals surface area contributed by atoms with Gasteiger partial charge in [-0.15, -0.1) is 0 Å². The first-order chi connectivity index (χ1) is 5.22. The minimum Gasteiger partial charge on any atom is -0.384 e. The molecule has 0 fully saturated rings. The molecule has 0 bridgehead atoms. The summed E-state index contributed by atoms with van der Waals surface area (Å²) in [6.07, 6.45) is 1.97. The molecule has 60 valence electrons. The molecule has 1 heterocycles. The minimum absolute atomic E-state index is 0.570. The lowest BCUT2D eigenvalue weighted by molar-refractivity contribution is 0.828. The van der Waals surface area contributed by atoms with Gasteiger partial charge in [0, 0.05) is 18.2 Å². The highest BCUT2D eigenvalue weighted by Gasteiger charge is 1.96. The Morgan fingerprint density at radius 3 is 2.73 bits per heavy atom. The first-order valence-electron chi connectivity index (χ1n) is 3.82. The second-order valence-electron chi connectivity index (χ2n) is 2.60. The van der Waals surface area contributed by atoms with Gasteiger partial charge < -0.3 is 5.73 Å². The van der Waals surface area contributed by atoms with Gasteiger partial charge in [0.2, 0.25) is 0 Å². The van der Waals surface area contributed by atoms with Crippen LogP contribution in [0.2, 0.25) is 0 Å². The number of aryl methyl sites for hydroxylation is 2. The molecule has 0 radical (unpaired) electrons. The number of aromatic nitrogens is 2. The van der Waals surface area contributed by atoms with Gasteiger partial charge in [0.05, 0.1) is 0 Å². The first-order valence-corrected chi connectivity index (χ1v) is 3.82. The van der Waals surface area contributed by atoms with Crippen molar-refractivity contribution >= 4 is 5.82 Å². The Kier molecular flexibility index (Phi) is 2.41. The van der Waals surface area contributed by atoms with Gasteiger partial charge in [0.1, 0.15) is 11.6 Å². The van der Waals surface area contributed by atoms with Gasteiger partial charge in [-0.2, -0.15) is 0 Å². The second kappa shape index (κ2) is 3.32. The zero-order valence-electron chi connectivity index (χ0n) is 6.96. The van der Waals surface area contributed by atoms with E-state index in [1.54, 1.807) is 6.07 Å². The van der Waals surface area contributed by atoms with Crippen LogP contribution in [-0.2, 0) is 6.42 Å². The predicted molar refractivity (Wildman–Crippen MR) is 45.2 cm³/mol. The van der Waals surface area contributed by atoms with Crippen molar-refractivity contribution in [1.82, 2.24) is 9.97 Å². The first kappa shape index (κ1) is 7.98. The quantitative estimate of drug-likeness (QED) is 0.693. The summed E-state index contributed by atoms with van der Waals surface area (Å²) in [5, 5.41) is 0. The van der Waals surface area contributed by atoms with Crippen LogP contribution >= 0.6 is 0 Å². The van der Waals surface area contributed by atoms with Gasteiger partial charge in [-0.05, 0) is 13.3 Å². The molecule has 0 aliphatic heterocycles. The highest BCUT2D eigenvalue weighted by molar-refractivity contribution is 5.29. The van der Waals surface area contributed by atoms with E-state index in [4.69, 9.17) is 5.73 Å². The lowest BCUT2D eigenvalue weighted by atomic mass is 10.3. The summed E-state index contributed by atoms with van der Waals surface area (Å²) in [4.78, 5) is 8.32. The Labute approximate surface area is 66.7 Å². The fraction of sp³-hybridized carbons (Fsp3) is 0.500. The van der Waals surface area contributed by atoms with Crippen LogP contribution in [0.15, 0.2) is 6.07 Å². The van der Waals surface area contributed by atoms with E-state index < -0.39 is 0 Å². The van der Waals surface area contributed by atoms with Gasteiger partial charge in [0.15, 0.2) is 0 Å². The molecular formula is C8H13N3. The average molecular weight is 151 g/mol. The summed E-state index contributed by atoms with van der Waals surface area (Å²) in [7, 11) is 0. The number of rotatable bonds is 2. The second-order valence-corrected chi connectivity index (χ2v) is 2.60. The van der Waals surface area contributed by atoms with Crippen LogP contribution in [0.5, 0.6) is 0 Å². The molecule has 1 rings (SSSR count). The molecule has 0 spiro atoms. The molecule has 0 aromatic carbocycles. The molecule has 0 unspecified atom stereocenters. The number of nitrogens with two attached hydrogens (primary N) is 1. The normalized spacial score (nSPS) is 10.0. The number of hydrogen-bond acceptors (Lipinski definition) is 3. The summed E-state index contributed by atoms with van der Waals surface area (Å²) in [6, 6.07) is 1.78. The average Bonchev–Trinajstić information content (AvgIpc) is 1.85. The molecule has 0 saturated carbocycles. The van der Waals surface area contributed by atoms with Crippen LogP contribution in [0.4, 0.5) is 5.82 Å². The summed E-state index contributed by atoms with van der Waals surface area (Å²) < 4.78 is 0. The van der Waals surface area contributed by atoms with Gasteiger partial charge in [0.25, 0.3) is 0 Å². The summed E-state index contributed by atoms with van der Waals surface area (Å²) in [5.41, 5.74) is 6.48. The summed E-state index contributed by atoms with van der Waals surface area (Å²) in [6.45, 7) is 4.03. The van der Waals surface area contributed by atoms with E-state index in [0.29, 0.717) is 5.82 Å². The zero-order valence-corrected chi connectivity index (χ0v) is 6.96. The van der Waals surface area contributed by atoms with E-state index in [9.17, 15) is 0 Å². The molecule has 0 saturated heterocycles. The van der Waals surface area contributed by atoms with Crippen molar-refractivity contribution in [3.63, 3.8) is 0 Å². The van der Waals surface area contributed by atoms with Crippen molar-refractivity contribution in [2.45, 2.75) is 26.7 Å². The van der Waals surface area contributed by atoms with Crippen LogP contribution < -0.4 is 5.73 Å². The summed E-state index contributed by atoms with van der Waals surface area (Å²) >= 11 is 0. The van der Waals surface area contributed by atoms with Gasteiger partial charge in [-0.3, -0.25) is 0 Å². The maximum Gasteiger partial charge on any atom is 0.130 e. The lowest BCUT2D eigenvalue weighted by Crippen LogP contribution is -2.00. The van der Waals surface area contributed by atoms with Crippen LogP contribution in [0.1, 0.15) is 24.9 Å². The van der Waals surface area contributed by atoms with Gasteiger partial charge in [-0.25, -0.2) is 9.97 Å². The Bertz CT molecular complexity index is 225. The highest BCUT2D eigenvalue weighted by Crippen LogP contribution is 2.02. The Morgan fingerprint density at radius 2 is 2.18 bits per heavy atom. The van der Waals surface area contributed by atoms with Gasteiger partial charge >= 0.3 is 0 Å². The standard InChI is InChI=1S/C8H13N3/c1-3-4-8-10-6(2)5-7(9)11-8/h5H,3-4H2,1-2H3,(H2,9,10,11). The van der Waals surface area contributed by atoms with E-state index in [1.165, 1.54) is 0 Å². The molecule has 3 heteroatoms. The molecule has 0 aliphatic rings. The Hall–Kier alpha value is -1.12. The monoisotopic (exact) mass is 151 g/mol. The number of hydrogen-bond donors (Lipinski definition) is 1. The lowest BCUT2D eigenvalue weighted by Gasteiger charge is -1.99. The SMILES string of the molecule is CCCc1nc(C)cc(N)n1. The van der Waals surface area contributed by atoms with Gasteiger partial charge in [-0.1, -0.05) is 6.92 Å². The maximum absolute atomic E-state index is 5.54. The fourth-order valence-electron chi connectivity index (χ4n) is 0.992. The molecule has 2 N–H and O–H groups in total. The smallest absolute Gasteiger partial charge is 0.130 e. The van der Waals surface area contributed by atoms with Crippen molar-refractivity contribution in [1.29, 1.82) is 0 Å². The Morgan fingerprint density at radius 1 is 1.45 bits per heavy atom. The van der Waals surface area contributed by atoms with E-state index >= 15 is 0 Å². The molecule has 0 aliphatic carbocycles. The third-order valence-corrected chi connectivity index (χ3v) is 1.39. The topological polar surface area (TPSA) is 51.8 Å². The molecule has 0 atom stereocenters. The van der Waals surface area contributed by atoms with Crippen LogP contribution in [-0.4, -0.2) is 9.97 Å². The van der Waals surface area contributed by atoms with Crippen molar-refractivity contribution in [3.8, 4) is 0 Å². The van der Waals surface area contributed by atoms with Crippen molar-refractivity contribution in [3.05, 3.63) is 17.6 Å².